The minimum absolute atomic E-state index is 0.0887. The van der Waals surface area contributed by atoms with Crippen LogP contribution in [0.5, 0.6) is 0 Å². The Bertz CT molecular complexity index is 619. The van der Waals surface area contributed by atoms with Gasteiger partial charge >= 0.3 is 0 Å². The van der Waals surface area contributed by atoms with Gasteiger partial charge in [0.1, 0.15) is 5.65 Å². The molecule has 15 heavy (non-hydrogen) atoms. The van der Waals surface area contributed by atoms with Gasteiger partial charge in [-0.05, 0) is 25.1 Å². The van der Waals surface area contributed by atoms with E-state index in [0.717, 1.165) is 0 Å². The maximum absolute atomic E-state index is 12.0. The van der Waals surface area contributed by atoms with Gasteiger partial charge in [-0.1, -0.05) is 12.6 Å². The van der Waals surface area contributed by atoms with Crippen molar-refractivity contribution in [1.29, 1.82) is 0 Å². The lowest BCUT2D eigenvalue weighted by Gasteiger charge is -2.03. The van der Waals surface area contributed by atoms with Gasteiger partial charge in [0.05, 0.1) is 11.3 Å². The number of pyridine rings is 1. The third-order valence-corrected chi connectivity index (χ3v) is 2.21. The SMILES string of the molecule is C=C=Cc1c(C)nc2ccccn2c1=O. The summed E-state index contributed by atoms with van der Waals surface area (Å²) in [6.45, 7) is 5.26. The van der Waals surface area contributed by atoms with Crippen LogP contribution in [0.4, 0.5) is 0 Å². The van der Waals surface area contributed by atoms with E-state index < -0.39 is 0 Å². The molecule has 0 unspecified atom stereocenters. The number of aryl methyl sites for hydroxylation is 1. The van der Waals surface area contributed by atoms with E-state index in [-0.39, 0.29) is 5.56 Å². The van der Waals surface area contributed by atoms with Gasteiger partial charge in [-0.25, -0.2) is 4.98 Å². The minimum atomic E-state index is -0.0887. The molecule has 2 rings (SSSR count). The van der Waals surface area contributed by atoms with Gasteiger partial charge in [0.2, 0.25) is 0 Å². The Morgan fingerprint density at radius 3 is 3.07 bits per heavy atom. The maximum atomic E-state index is 12.0. The van der Waals surface area contributed by atoms with Crippen LogP contribution >= 0.6 is 0 Å². The van der Waals surface area contributed by atoms with Crippen molar-refractivity contribution in [2.24, 2.45) is 0 Å². The molecule has 0 spiro atoms. The molecule has 2 aromatic heterocycles. The van der Waals surface area contributed by atoms with Gasteiger partial charge in [0.25, 0.3) is 5.56 Å². The van der Waals surface area contributed by atoms with E-state index >= 15 is 0 Å². The highest BCUT2D eigenvalue weighted by Crippen LogP contribution is 2.04. The fourth-order valence-corrected chi connectivity index (χ4v) is 1.48. The molecule has 0 aliphatic rings. The van der Waals surface area contributed by atoms with E-state index in [4.69, 9.17) is 0 Å². The standard InChI is InChI=1S/C12H10N2O/c1-3-6-10-9(2)13-11-7-4-5-8-14(11)12(10)15/h4-8H,1H2,2H3. The Labute approximate surface area is 87.0 Å². The first-order chi connectivity index (χ1) is 7.24. The van der Waals surface area contributed by atoms with Crippen LogP contribution in [0.25, 0.3) is 11.7 Å². The van der Waals surface area contributed by atoms with Crippen molar-refractivity contribution in [3.63, 3.8) is 0 Å². The molecule has 0 aliphatic carbocycles. The predicted molar refractivity (Wildman–Crippen MR) is 59.8 cm³/mol. The molecule has 0 radical (unpaired) electrons. The van der Waals surface area contributed by atoms with Crippen molar-refractivity contribution in [1.82, 2.24) is 9.38 Å². The van der Waals surface area contributed by atoms with Crippen molar-refractivity contribution in [3.05, 3.63) is 58.3 Å². The van der Waals surface area contributed by atoms with Crippen molar-refractivity contribution in [3.8, 4) is 0 Å². The number of fused-ring (bicyclic) bond motifs is 1. The van der Waals surface area contributed by atoms with Crippen LogP contribution < -0.4 is 5.56 Å². The van der Waals surface area contributed by atoms with Gasteiger partial charge in [-0.3, -0.25) is 9.20 Å². The van der Waals surface area contributed by atoms with E-state index in [2.05, 4.69) is 17.3 Å². The highest BCUT2D eigenvalue weighted by atomic mass is 16.1. The largest absolute Gasteiger partial charge is 0.268 e. The summed E-state index contributed by atoms with van der Waals surface area (Å²) >= 11 is 0. The molecule has 3 nitrogen and oxygen atoms in total. The molecule has 0 fully saturated rings. The molecule has 2 heterocycles. The molecular formula is C12H10N2O. The fraction of sp³-hybridized carbons (Fsp3) is 0.0833. The number of hydrogen-bond donors (Lipinski definition) is 0. The molecule has 0 saturated carbocycles. The van der Waals surface area contributed by atoms with Crippen LogP contribution in [0.1, 0.15) is 11.3 Å². The van der Waals surface area contributed by atoms with E-state index in [1.54, 1.807) is 31.3 Å². The second kappa shape index (κ2) is 3.56. The number of hydrogen-bond acceptors (Lipinski definition) is 2. The van der Waals surface area contributed by atoms with Crippen LogP contribution in [0, 0.1) is 6.92 Å². The summed E-state index contributed by atoms with van der Waals surface area (Å²) in [5, 5.41) is 0. The van der Waals surface area contributed by atoms with Crippen LogP contribution in [0.15, 0.2) is 41.5 Å². The monoisotopic (exact) mass is 198 g/mol. The predicted octanol–water partition coefficient (Wildman–Crippen LogP) is 1.80. The van der Waals surface area contributed by atoms with Crippen LogP contribution in [0.2, 0.25) is 0 Å². The summed E-state index contributed by atoms with van der Waals surface area (Å²) in [5.41, 5.74) is 4.40. The van der Waals surface area contributed by atoms with Crippen molar-refractivity contribution in [2.75, 3.05) is 0 Å². The molecule has 0 saturated heterocycles. The topological polar surface area (TPSA) is 34.4 Å². The molecule has 0 amide bonds. The Kier molecular flexibility index (Phi) is 2.24. The van der Waals surface area contributed by atoms with Crippen LogP contribution in [-0.4, -0.2) is 9.38 Å². The normalized spacial score (nSPS) is 9.93. The second-order valence-electron chi connectivity index (χ2n) is 3.19. The molecule has 3 heteroatoms. The van der Waals surface area contributed by atoms with E-state index in [1.165, 1.54) is 4.40 Å². The van der Waals surface area contributed by atoms with Crippen LogP contribution in [0.3, 0.4) is 0 Å². The molecular weight excluding hydrogens is 188 g/mol. The van der Waals surface area contributed by atoms with Crippen molar-refractivity contribution in [2.45, 2.75) is 6.92 Å². The molecule has 0 atom stereocenters. The molecule has 0 aliphatic heterocycles. The number of rotatable bonds is 1. The van der Waals surface area contributed by atoms with Gasteiger partial charge in [0.15, 0.2) is 0 Å². The summed E-state index contributed by atoms with van der Waals surface area (Å²) in [4.78, 5) is 16.3. The lowest BCUT2D eigenvalue weighted by molar-refractivity contribution is 1.01. The summed E-state index contributed by atoms with van der Waals surface area (Å²) in [7, 11) is 0. The zero-order chi connectivity index (χ0) is 10.8. The first-order valence-corrected chi connectivity index (χ1v) is 4.58. The zero-order valence-electron chi connectivity index (χ0n) is 8.40. The fourth-order valence-electron chi connectivity index (χ4n) is 1.48. The van der Waals surface area contributed by atoms with E-state index in [0.29, 0.717) is 16.9 Å². The Balaban J connectivity index is 2.96. The van der Waals surface area contributed by atoms with Gasteiger partial charge < -0.3 is 0 Å². The summed E-state index contributed by atoms with van der Waals surface area (Å²) in [6.07, 6.45) is 3.26. The third-order valence-electron chi connectivity index (χ3n) is 2.21. The third kappa shape index (κ3) is 1.49. The number of nitrogens with zero attached hydrogens (tertiary/aromatic N) is 2. The van der Waals surface area contributed by atoms with E-state index in [1.807, 2.05) is 6.07 Å². The maximum Gasteiger partial charge on any atom is 0.266 e. The molecule has 0 aromatic carbocycles. The molecule has 0 N–H and O–H groups in total. The average Bonchev–Trinajstić information content (AvgIpc) is 2.24. The summed E-state index contributed by atoms with van der Waals surface area (Å²) in [5.74, 6) is 0. The minimum Gasteiger partial charge on any atom is -0.268 e. The molecule has 2 aromatic rings. The van der Waals surface area contributed by atoms with Gasteiger partial charge in [0, 0.05) is 6.20 Å². The Hall–Kier alpha value is -2.12. The van der Waals surface area contributed by atoms with Crippen molar-refractivity contribution < 1.29 is 0 Å². The van der Waals surface area contributed by atoms with Gasteiger partial charge in [-0.15, -0.1) is 5.73 Å². The van der Waals surface area contributed by atoms with Crippen molar-refractivity contribution >= 4 is 11.7 Å². The lowest BCUT2D eigenvalue weighted by atomic mass is 10.2. The Morgan fingerprint density at radius 1 is 1.53 bits per heavy atom. The molecule has 74 valence electrons. The highest BCUT2D eigenvalue weighted by molar-refractivity contribution is 5.53. The quantitative estimate of drug-likeness (QED) is 0.655. The lowest BCUT2D eigenvalue weighted by Crippen LogP contribution is -2.18. The highest BCUT2D eigenvalue weighted by Gasteiger charge is 2.05. The first kappa shape index (κ1) is 9.44. The average molecular weight is 198 g/mol. The summed E-state index contributed by atoms with van der Waals surface area (Å²) < 4.78 is 1.51. The number of aromatic nitrogens is 2. The Morgan fingerprint density at radius 2 is 2.33 bits per heavy atom. The van der Waals surface area contributed by atoms with Gasteiger partial charge in [-0.2, -0.15) is 0 Å². The summed E-state index contributed by atoms with van der Waals surface area (Å²) in [6, 6.07) is 5.45. The first-order valence-electron chi connectivity index (χ1n) is 4.58. The smallest absolute Gasteiger partial charge is 0.266 e. The zero-order valence-corrected chi connectivity index (χ0v) is 8.40. The van der Waals surface area contributed by atoms with Crippen LogP contribution in [-0.2, 0) is 0 Å². The van der Waals surface area contributed by atoms with E-state index in [9.17, 15) is 4.79 Å². The second-order valence-corrected chi connectivity index (χ2v) is 3.19. The molecule has 0 bridgehead atoms.